The molecular formula is C22H27BrClN3O4S. The molecule has 0 aliphatic heterocycles. The third kappa shape index (κ3) is 7.50. The van der Waals surface area contributed by atoms with Crippen molar-refractivity contribution in [2.75, 3.05) is 24.2 Å². The van der Waals surface area contributed by atoms with E-state index >= 15 is 0 Å². The van der Waals surface area contributed by atoms with Crippen molar-refractivity contribution in [2.24, 2.45) is 0 Å². The molecule has 0 saturated carbocycles. The number of carbonyl (C=O) groups is 2. The Morgan fingerprint density at radius 1 is 1.16 bits per heavy atom. The summed E-state index contributed by atoms with van der Waals surface area (Å²) in [6.45, 7) is 2.07. The van der Waals surface area contributed by atoms with Crippen LogP contribution in [0, 0.1) is 0 Å². The van der Waals surface area contributed by atoms with E-state index in [2.05, 4.69) is 21.2 Å². The Morgan fingerprint density at radius 2 is 1.81 bits per heavy atom. The lowest BCUT2D eigenvalue weighted by Gasteiger charge is -2.29. The number of amides is 2. The van der Waals surface area contributed by atoms with Gasteiger partial charge in [-0.3, -0.25) is 13.9 Å². The number of nitrogens with zero attached hydrogens (tertiary/aromatic N) is 2. The molecule has 0 aliphatic rings. The third-order valence-corrected chi connectivity index (χ3v) is 6.86. The van der Waals surface area contributed by atoms with Gasteiger partial charge in [0.05, 0.1) is 11.9 Å². The molecule has 0 aromatic heterocycles. The van der Waals surface area contributed by atoms with Gasteiger partial charge in [0.2, 0.25) is 21.8 Å². The fourth-order valence-corrected chi connectivity index (χ4v) is 4.77. The van der Waals surface area contributed by atoms with Gasteiger partial charge in [0.15, 0.2) is 0 Å². The smallest absolute Gasteiger partial charge is 0.242 e. The van der Waals surface area contributed by atoms with Gasteiger partial charge in [-0.2, -0.15) is 0 Å². The Labute approximate surface area is 202 Å². The fourth-order valence-electron chi connectivity index (χ4n) is 3.23. The molecule has 1 atom stereocenters. The first kappa shape index (κ1) is 26.2. The van der Waals surface area contributed by atoms with Crippen LogP contribution in [0.3, 0.4) is 0 Å². The molecule has 0 radical (unpaired) electrons. The lowest BCUT2D eigenvalue weighted by molar-refractivity contribution is -0.140. The van der Waals surface area contributed by atoms with Crippen molar-refractivity contribution in [3.8, 4) is 0 Å². The third-order valence-electron chi connectivity index (χ3n) is 4.92. The van der Waals surface area contributed by atoms with Crippen LogP contribution in [0.2, 0.25) is 5.02 Å². The molecule has 1 N–H and O–H groups in total. The van der Waals surface area contributed by atoms with Crippen molar-refractivity contribution in [1.29, 1.82) is 0 Å². The van der Waals surface area contributed by atoms with Crippen LogP contribution in [-0.2, 0) is 26.2 Å². The lowest BCUT2D eigenvalue weighted by atomic mass is 10.1. The van der Waals surface area contributed by atoms with Gasteiger partial charge >= 0.3 is 0 Å². The minimum absolute atomic E-state index is 0.0922. The van der Waals surface area contributed by atoms with Gasteiger partial charge in [-0.25, -0.2) is 8.42 Å². The molecule has 0 saturated heterocycles. The predicted molar refractivity (Wildman–Crippen MR) is 131 cm³/mol. The van der Waals surface area contributed by atoms with Gasteiger partial charge in [-0.05, 0) is 55.3 Å². The van der Waals surface area contributed by atoms with Crippen molar-refractivity contribution in [3.05, 3.63) is 63.6 Å². The van der Waals surface area contributed by atoms with E-state index in [4.69, 9.17) is 11.6 Å². The number of hydrogen-bond acceptors (Lipinski definition) is 4. The molecule has 32 heavy (non-hydrogen) atoms. The molecule has 174 valence electrons. The highest BCUT2D eigenvalue weighted by molar-refractivity contribution is 9.10. The van der Waals surface area contributed by atoms with Crippen LogP contribution in [0.4, 0.5) is 5.69 Å². The van der Waals surface area contributed by atoms with Crippen molar-refractivity contribution in [3.63, 3.8) is 0 Å². The second-order valence-corrected chi connectivity index (χ2v) is 10.6. The Bertz CT molecular complexity index is 1050. The standard InChI is InChI=1S/C22H27BrClN3O4S/c1-16(22(29)25-2)26(15-17-6-4-7-18(23)14-17)21(28)8-5-13-27(32(3,30)31)20-11-9-19(24)10-12-20/h4,6-7,9-12,14,16H,5,8,13,15H2,1-3H3,(H,25,29)/t16-/m1/s1. The number of carbonyl (C=O) groups excluding carboxylic acids is 2. The van der Waals surface area contributed by atoms with Gasteiger partial charge < -0.3 is 10.2 Å². The summed E-state index contributed by atoms with van der Waals surface area (Å²) in [5.74, 6) is -0.502. The summed E-state index contributed by atoms with van der Waals surface area (Å²) in [6.07, 6.45) is 1.51. The number of hydrogen-bond donors (Lipinski definition) is 1. The summed E-state index contributed by atoms with van der Waals surface area (Å²) < 4.78 is 26.7. The van der Waals surface area contributed by atoms with E-state index in [0.29, 0.717) is 17.1 Å². The summed E-state index contributed by atoms with van der Waals surface area (Å²) in [7, 11) is -2.02. The average molecular weight is 545 g/mol. The topological polar surface area (TPSA) is 86.8 Å². The van der Waals surface area contributed by atoms with Crippen LogP contribution in [0.5, 0.6) is 0 Å². The molecule has 0 unspecified atom stereocenters. The van der Waals surface area contributed by atoms with E-state index in [1.54, 1.807) is 31.2 Å². The van der Waals surface area contributed by atoms with E-state index in [0.717, 1.165) is 16.3 Å². The van der Waals surface area contributed by atoms with E-state index in [1.807, 2.05) is 24.3 Å². The zero-order chi connectivity index (χ0) is 23.9. The Morgan fingerprint density at radius 3 is 2.38 bits per heavy atom. The maximum Gasteiger partial charge on any atom is 0.242 e. The Kier molecular flexibility index (Phi) is 9.54. The fraction of sp³-hybridized carbons (Fsp3) is 0.364. The van der Waals surface area contributed by atoms with Crippen LogP contribution >= 0.6 is 27.5 Å². The number of benzene rings is 2. The largest absolute Gasteiger partial charge is 0.357 e. The van der Waals surface area contributed by atoms with Crippen LogP contribution in [0.1, 0.15) is 25.3 Å². The molecule has 2 amide bonds. The van der Waals surface area contributed by atoms with E-state index in [1.165, 1.54) is 16.3 Å². The first-order valence-corrected chi connectivity index (χ1v) is 13.0. The average Bonchev–Trinajstić information content (AvgIpc) is 2.74. The summed E-state index contributed by atoms with van der Waals surface area (Å²) in [5.41, 5.74) is 1.36. The summed E-state index contributed by atoms with van der Waals surface area (Å²) >= 11 is 9.32. The maximum atomic E-state index is 13.1. The zero-order valence-corrected chi connectivity index (χ0v) is 21.4. The Balaban J connectivity index is 2.13. The highest BCUT2D eigenvalue weighted by atomic mass is 79.9. The van der Waals surface area contributed by atoms with Crippen LogP contribution in [-0.4, -0.2) is 51.0 Å². The van der Waals surface area contributed by atoms with Gasteiger partial charge in [0.25, 0.3) is 0 Å². The highest BCUT2D eigenvalue weighted by Crippen LogP contribution is 2.22. The molecule has 10 heteroatoms. The normalized spacial score (nSPS) is 12.2. The van der Waals surface area contributed by atoms with Gasteiger partial charge in [-0.1, -0.05) is 39.7 Å². The molecule has 0 fully saturated rings. The quantitative estimate of drug-likeness (QED) is 0.493. The van der Waals surface area contributed by atoms with E-state index in [-0.39, 0.29) is 31.3 Å². The highest BCUT2D eigenvalue weighted by Gasteiger charge is 2.26. The predicted octanol–water partition coefficient (Wildman–Crippen LogP) is 3.81. The molecule has 0 bridgehead atoms. The number of rotatable bonds is 10. The van der Waals surface area contributed by atoms with E-state index in [9.17, 15) is 18.0 Å². The van der Waals surface area contributed by atoms with Crippen LogP contribution in [0.25, 0.3) is 0 Å². The SMILES string of the molecule is CNC(=O)[C@@H](C)N(Cc1cccc(Br)c1)C(=O)CCCN(c1ccc(Cl)cc1)S(C)(=O)=O. The molecule has 2 rings (SSSR count). The van der Waals surface area contributed by atoms with Crippen LogP contribution < -0.4 is 9.62 Å². The second kappa shape index (κ2) is 11.7. The molecule has 7 nitrogen and oxygen atoms in total. The van der Waals surface area contributed by atoms with Crippen LogP contribution in [0.15, 0.2) is 53.0 Å². The summed E-state index contributed by atoms with van der Waals surface area (Å²) in [4.78, 5) is 26.8. The first-order chi connectivity index (χ1) is 15.0. The number of halogens is 2. The monoisotopic (exact) mass is 543 g/mol. The molecule has 0 aliphatic carbocycles. The zero-order valence-electron chi connectivity index (χ0n) is 18.2. The van der Waals surface area contributed by atoms with Gasteiger partial charge in [-0.15, -0.1) is 0 Å². The summed E-state index contributed by atoms with van der Waals surface area (Å²) in [5, 5.41) is 3.08. The minimum Gasteiger partial charge on any atom is -0.357 e. The number of anilines is 1. The van der Waals surface area contributed by atoms with Gasteiger partial charge in [0.1, 0.15) is 6.04 Å². The van der Waals surface area contributed by atoms with Crippen molar-refractivity contribution in [1.82, 2.24) is 10.2 Å². The summed E-state index contributed by atoms with van der Waals surface area (Å²) in [6, 6.07) is 13.3. The second-order valence-electron chi connectivity index (χ2n) is 7.36. The van der Waals surface area contributed by atoms with Crippen molar-refractivity contribution >= 4 is 55.1 Å². The van der Waals surface area contributed by atoms with Crippen molar-refractivity contribution in [2.45, 2.75) is 32.4 Å². The molecular weight excluding hydrogens is 518 g/mol. The van der Waals surface area contributed by atoms with Crippen molar-refractivity contribution < 1.29 is 18.0 Å². The maximum absolute atomic E-state index is 13.1. The Hall–Kier alpha value is -2.10. The lowest BCUT2D eigenvalue weighted by Crippen LogP contribution is -2.46. The molecule has 0 heterocycles. The number of likely N-dealkylation sites (N-methyl/N-ethyl adjacent to an activating group) is 1. The molecule has 2 aromatic rings. The molecule has 2 aromatic carbocycles. The van der Waals surface area contributed by atoms with Gasteiger partial charge in [0, 0.05) is 36.1 Å². The van der Waals surface area contributed by atoms with E-state index < -0.39 is 16.1 Å². The molecule has 0 spiro atoms. The number of sulfonamides is 1. The number of nitrogens with one attached hydrogen (secondary N) is 1. The first-order valence-electron chi connectivity index (χ1n) is 10.0. The minimum atomic E-state index is -3.54.